The third kappa shape index (κ3) is 6.48. The van der Waals surface area contributed by atoms with E-state index in [1.807, 2.05) is 26.0 Å². The van der Waals surface area contributed by atoms with Crippen LogP contribution in [-0.2, 0) is 9.47 Å². The van der Waals surface area contributed by atoms with Crippen LogP contribution in [0.1, 0.15) is 52.7 Å². The molecular weight excluding hydrogens is 308 g/mol. The highest BCUT2D eigenvalue weighted by Crippen LogP contribution is 2.22. The minimum atomic E-state index is -0.728. The zero-order valence-corrected chi connectivity index (χ0v) is 15.8. The highest BCUT2D eigenvalue weighted by atomic mass is 16.6. The molecule has 24 heavy (non-hydrogen) atoms. The molecule has 0 spiro atoms. The first-order chi connectivity index (χ1) is 10.8. The molecule has 0 heterocycles. The molecule has 0 atom stereocenters. The van der Waals surface area contributed by atoms with Crippen LogP contribution in [0.15, 0.2) is 18.2 Å². The van der Waals surface area contributed by atoms with Gasteiger partial charge in [-0.15, -0.1) is 0 Å². The number of hydrazine groups is 1. The lowest BCUT2D eigenvalue weighted by Crippen LogP contribution is -2.50. The first kappa shape index (κ1) is 19.8. The van der Waals surface area contributed by atoms with E-state index in [0.717, 1.165) is 16.1 Å². The molecule has 0 fully saturated rings. The highest BCUT2D eigenvalue weighted by Gasteiger charge is 2.28. The van der Waals surface area contributed by atoms with Gasteiger partial charge in [-0.25, -0.2) is 15.0 Å². The zero-order valence-electron chi connectivity index (χ0n) is 15.8. The quantitative estimate of drug-likeness (QED) is 0.768. The van der Waals surface area contributed by atoms with E-state index in [-0.39, 0.29) is 0 Å². The fourth-order valence-electron chi connectivity index (χ4n) is 1.96. The van der Waals surface area contributed by atoms with E-state index in [9.17, 15) is 9.59 Å². The average molecular weight is 336 g/mol. The van der Waals surface area contributed by atoms with Crippen LogP contribution in [0.4, 0.5) is 15.3 Å². The van der Waals surface area contributed by atoms with Crippen molar-refractivity contribution in [2.45, 2.75) is 66.6 Å². The monoisotopic (exact) mass is 336 g/mol. The molecular formula is C18H28N2O4. The molecule has 1 aromatic carbocycles. The summed E-state index contributed by atoms with van der Waals surface area (Å²) in [6.07, 6.45) is -1.41. The molecule has 1 aromatic rings. The Balaban J connectivity index is 3.12. The maximum atomic E-state index is 12.5. The Morgan fingerprint density at radius 3 is 1.96 bits per heavy atom. The molecule has 0 aliphatic heterocycles. The number of rotatable bonds is 1. The average Bonchev–Trinajstić information content (AvgIpc) is 2.32. The van der Waals surface area contributed by atoms with Gasteiger partial charge in [0.1, 0.15) is 11.2 Å². The fraction of sp³-hybridized carbons (Fsp3) is 0.556. The number of carbonyl (C=O) groups excluding carboxylic acids is 2. The molecule has 6 nitrogen and oxygen atoms in total. The summed E-state index contributed by atoms with van der Waals surface area (Å²) in [7, 11) is 0. The van der Waals surface area contributed by atoms with Crippen molar-refractivity contribution in [3.05, 3.63) is 29.3 Å². The van der Waals surface area contributed by atoms with Gasteiger partial charge in [-0.1, -0.05) is 17.7 Å². The fourth-order valence-corrected chi connectivity index (χ4v) is 1.96. The molecule has 0 radical (unpaired) electrons. The number of nitrogens with zero attached hydrogens (tertiary/aromatic N) is 1. The largest absolute Gasteiger partial charge is 0.443 e. The molecule has 1 N–H and O–H groups in total. The van der Waals surface area contributed by atoms with Gasteiger partial charge in [0, 0.05) is 0 Å². The standard InChI is InChI=1S/C18H28N2O4/c1-12-9-10-14(13(2)11-12)20(16(22)24-18(6,7)8)19-15(21)23-17(3,4)5/h9-11H,1-8H3,(H,19,21). The Bertz CT molecular complexity index is 612. The summed E-state index contributed by atoms with van der Waals surface area (Å²) in [5, 5.41) is 1.08. The molecule has 0 aromatic heterocycles. The molecule has 6 heteroatoms. The second-order valence-electron chi connectivity index (χ2n) is 7.72. The van der Waals surface area contributed by atoms with Crippen molar-refractivity contribution in [2.75, 3.05) is 5.01 Å². The highest BCUT2D eigenvalue weighted by molar-refractivity contribution is 5.91. The maximum Gasteiger partial charge on any atom is 0.434 e. The van der Waals surface area contributed by atoms with Crippen molar-refractivity contribution < 1.29 is 19.1 Å². The summed E-state index contributed by atoms with van der Waals surface area (Å²) in [6.45, 7) is 14.4. The van der Waals surface area contributed by atoms with Gasteiger partial charge < -0.3 is 9.47 Å². The lowest BCUT2D eigenvalue weighted by molar-refractivity contribution is 0.0425. The van der Waals surface area contributed by atoms with E-state index in [1.54, 1.807) is 47.6 Å². The molecule has 0 unspecified atom stereocenters. The van der Waals surface area contributed by atoms with Gasteiger partial charge in [0.15, 0.2) is 0 Å². The third-order valence-corrected chi connectivity index (χ3v) is 2.77. The smallest absolute Gasteiger partial charge is 0.434 e. The van der Waals surface area contributed by atoms with Gasteiger partial charge in [-0.2, -0.15) is 5.01 Å². The van der Waals surface area contributed by atoms with Crippen molar-refractivity contribution in [1.29, 1.82) is 0 Å². The molecule has 0 aliphatic carbocycles. The minimum absolute atomic E-state index is 0.528. The van der Waals surface area contributed by atoms with Crippen molar-refractivity contribution in [3.63, 3.8) is 0 Å². The van der Waals surface area contributed by atoms with E-state index in [4.69, 9.17) is 9.47 Å². The summed E-state index contributed by atoms with van der Waals surface area (Å²) >= 11 is 0. The summed E-state index contributed by atoms with van der Waals surface area (Å²) in [6, 6.07) is 5.53. The predicted molar refractivity (Wildman–Crippen MR) is 94.0 cm³/mol. The van der Waals surface area contributed by atoms with Crippen LogP contribution >= 0.6 is 0 Å². The summed E-state index contributed by atoms with van der Waals surface area (Å²) < 4.78 is 10.6. The molecule has 0 saturated heterocycles. The Hall–Kier alpha value is -2.24. The predicted octanol–water partition coefficient (Wildman–Crippen LogP) is 4.48. The van der Waals surface area contributed by atoms with Crippen molar-refractivity contribution in [2.24, 2.45) is 0 Å². The zero-order chi connectivity index (χ0) is 18.7. The van der Waals surface area contributed by atoms with Gasteiger partial charge >= 0.3 is 12.2 Å². The van der Waals surface area contributed by atoms with Crippen LogP contribution in [0.25, 0.3) is 0 Å². The number of hydrogen-bond acceptors (Lipinski definition) is 4. The van der Waals surface area contributed by atoms with Crippen molar-refractivity contribution >= 4 is 17.9 Å². The molecule has 134 valence electrons. The lowest BCUT2D eigenvalue weighted by atomic mass is 10.1. The van der Waals surface area contributed by atoms with Crippen molar-refractivity contribution in [3.8, 4) is 0 Å². The number of aryl methyl sites for hydroxylation is 2. The summed E-state index contributed by atoms with van der Waals surface area (Å²) in [5.41, 5.74) is 3.52. The van der Waals surface area contributed by atoms with Crippen molar-refractivity contribution in [1.82, 2.24) is 5.43 Å². The Labute approximate surface area is 144 Å². The first-order valence-corrected chi connectivity index (χ1v) is 7.88. The van der Waals surface area contributed by atoms with E-state index >= 15 is 0 Å². The molecule has 0 bridgehead atoms. The molecule has 2 amide bonds. The molecule has 0 aliphatic rings. The Kier molecular flexibility index (Phi) is 5.87. The van der Waals surface area contributed by atoms with E-state index in [1.165, 1.54) is 0 Å². The van der Waals surface area contributed by atoms with Crippen LogP contribution in [0.3, 0.4) is 0 Å². The lowest BCUT2D eigenvalue weighted by Gasteiger charge is -2.29. The summed E-state index contributed by atoms with van der Waals surface area (Å²) in [4.78, 5) is 24.6. The number of amides is 2. The van der Waals surface area contributed by atoms with E-state index in [0.29, 0.717) is 5.69 Å². The number of nitrogens with one attached hydrogen (secondary N) is 1. The number of hydrogen-bond donors (Lipinski definition) is 1. The number of carbonyl (C=O) groups is 2. The van der Waals surface area contributed by atoms with Gasteiger partial charge in [-0.3, -0.25) is 0 Å². The second kappa shape index (κ2) is 7.11. The normalized spacial score (nSPS) is 11.7. The maximum absolute atomic E-state index is 12.5. The Morgan fingerprint density at radius 1 is 0.958 bits per heavy atom. The van der Waals surface area contributed by atoms with Gasteiger partial charge in [0.2, 0.25) is 0 Å². The van der Waals surface area contributed by atoms with Crippen LogP contribution in [-0.4, -0.2) is 23.4 Å². The topological polar surface area (TPSA) is 67.9 Å². The van der Waals surface area contributed by atoms with Gasteiger partial charge in [-0.05, 0) is 67.0 Å². The minimum Gasteiger partial charge on any atom is -0.443 e. The first-order valence-electron chi connectivity index (χ1n) is 7.88. The van der Waals surface area contributed by atoms with Crippen LogP contribution in [0, 0.1) is 13.8 Å². The SMILES string of the molecule is Cc1ccc(N(NC(=O)OC(C)(C)C)C(=O)OC(C)(C)C)c(C)c1. The Morgan fingerprint density at radius 2 is 1.50 bits per heavy atom. The van der Waals surface area contributed by atoms with Crippen LogP contribution < -0.4 is 10.4 Å². The van der Waals surface area contributed by atoms with E-state index in [2.05, 4.69) is 5.43 Å². The molecule has 1 rings (SSSR count). The molecule has 0 saturated carbocycles. The number of benzene rings is 1. The van der Waals surface area contributed by atoms with Gasteiger partial charge in [0.25, 0.3) is 0 Å². The number of ether oxygens (including phenoxy) is 2. The number of anilines is 1. The van der Waals surface area contributed by atoms with Gasteiger partial charge in [0.05, 0.1) is 5.69 Å². The third-order valence-electron chi connectivity index (χ3n) is 2.77. The van der Waals surface area contributed by atoms with E-state index < -0.39 is 23.4 Å². The van der Waals surface area contributed by atoms with Crippen LogP contribution in [0.2, 0.25) is 0 Å². The second-order valence-corrected chi connectivity index (χ2v) is 7.72. The summed E-state index contributed by atoms with van der Waals surface area (Å²) in [5.74, 6) is 0. The van der Waals surface area contributed by atoms with Crippen LogP contribution in [0.5, 0.6) is 0 Å².